The first kappa shape index (κ1) is 15.5. The van der Waals surface area contributed by atoms with E-state index >= 15 is 0 Å². The third-order valence-corrected chi connectivity index (χ3v) is 2.99. The fourth-order valence-electron chi connectivity index (χ4n) is 1.60. The molecule has 0 saturated heterocycles. The van der Waals surface area contributed by atoms with Crippen molar-refractivity contribution in [3.8, 4) is 6.07 Å². The Kier molecular flexibility index (Phi) is 5.83. The monoisotopic (exact) mass is 332 g/mol. The van der Waals surface area contributed by atoms with Gasteiger partial charge in [-0.05, 0) is 12.5 Å². The van der Waals surface area contributed by atoms with E-state index in [9.17, 15) is 13.6 Å². The van der Waals surface area contributed by atoms with Crippen molar-refractivity contribution in [1.82, 2.24) is 4.98 Å². The normalized spacial score (nSPS) is 10.3. The van der Waals surface area contributed by atoms with Crippen LogP contribution in [-0.4, -0.2) is 17.6 Å². The van der Waals surface area contributed by atoms with Crippen molar-refractivity contribution < 1.29 is 18.3 Å². The van der Waals surface area contributed by atoms with Crippen molar-refractivity contribution in [2.75, 3.05) is 6.61 Å². The fraction of sp³-hybridized carbons (Fsp3) is 0.417. The number of alkyl halides is 3. The number of rotatable bonds is 5. The van der Waals surface area contributed by atoms with E-state index in [1.807, 2.05) is 6.07 Å². The highest BCUT2D eigenvalue weighted by Gasteiger charge is 2.22. The lowest BCUT2D eigenvalue weighted by Crippen LogP contribution is -2.13. The molecular weight excluding hydrogens is 322 g/mol. The molecule has 1 heterocycles. The average molecular weight is 333 g/mol. The fourth-order valence-corrected chi connectivity index (χ4v) is 2.20. The summed E-state index contributed by atoms with van der Waals surface area (Å²) in [6.45, 7) is 1.80. The van der Waals surface area contributed by atoms with Crippen LogP contribution in [-0.2, 0) is 21.3 Å². The minimum Gasteiger partial charge on any atom is -0.466 e. The van der Waals surface area contributed by atoms with Crippen LogP contribution in [0.25, 0.3) is 0 Å². The SMILES string of the molecule is CCOC(=O)Cc1c(C(F)F)cnc(C#N)c1CBr. The third-order valence-electron chi connectivity index (χ3n) is 2.43. The molecule has 0 unspecified atom stereocenters. The predicted molar refractivity (Wildman–Crippen MR) is 66.9 cm³/mol. The van der Waals surface area contributed by atoms with Crippen LogP contribution in [0.2, 0.25) is 0 Å². The molecule has 0 fully saturated rings. The molecular formula is C12H11BrF2N2O2. The second-order valence-electron chi connectivity index (χ2n) is 3.55. The Morgan fingerprint density at radius 1 is 1.58 bits per heavy atom. The first-order valence-corrected chi connectivity index (χ1v) is 6.57. The van der Waals surface area contributed by atoms with Crippen LogP contribution in [0.5, 0.6) is 0 Å². The Hall–Kier alpha value is -1.55. The molecule has 1 aromatic rings. The molecule has 0 amide bonds. The molecule has 0 spiro atoms. The molecule has 0 N–H and O–H groups in total. The summed E-state index contributed by atoms with van der Waals surface area (Å²) >= 11 is 3.12. The number of carbonyl (C=O) groups is 1. The largest absolute Gasteiger partial charge is 0.466 e. The number of ether oxygens (including phenoxy) is 1. The van der Waals surface area contributed by atoms with E-state index in [1.165, 1.54) is 0 Å². The number of aromatic nitrogens is 1. The zero-order valence-corrected chi connectivity index (χ0v) is 11.7. The zero-order valence-electron chi connectivity index (χ0n) is 10.1. The summed E-state index contributed by atoms with van der Waals surface area (Å²) in [6, 6.07) is 1.82. The average Bonchev–Trinajstić information content (AvgIpc) is 2.37. The van der Waals surface area contributed by atoms with Gasteiger partial charge in [-0.3, -0.25) is 4.79 Å². The summed E-state index contributed by atoms with van der Waals surface area (Å²) in [5.41, 5.74) is 0.0901. The Balaban J connectivity index is 3.30. The summed E-state index contributed by atoms with van der Waals surface area (Å²) in [7, 11) is 0. The van der Waals surface area contributed by atoms with Gasteiger partial charge in [-0.2, -0.15) is 5.26 Å². The number of esters is 1. The van der Waals surface area contributed by atoms with E-state index < -0.39 is 12.4 Å². The van der Waals surface area contributed by atoms with Crippen molar-refractivity contribution in [3.63, 3.8) is 0 Å². The number of pyridine rings is 1. The van der Waals surface area contributed by atoms with Gasteiger partial charge in [-0.25, -0.2) is 13.8 Å². The highest BCUT2D eigenvalue weighted by molar-refractivity contribution is 9.08. The topological polar surface area (TPSA) is 63.0 Å². The van der Waals surface area contributed by atoms with E-state index in [-0.39, 0.29) is 35.2 Å². The second kappa shape index (κ2) is 7.14. The minimum atomic E-state index is -2.76. The molecule has 0 aliphatic rings. The Morgan fingerprint density at radius 2 is 2.26 bits per heavy atom. The van der Waals surface area contributed by atoms with E-state index in [1.54, 1.807) is 6.92 Å². The van der Waals surface area contributed by atoms with Crippen molar-refractivity contribution >= 4 is 21.9 Å². The van der Waals surface area contributed by atoms with Crippen LogP contribution in [0, 0.1) is 11.3 Å². The highest BCUT2D eigenvalue weighted by atomic mass is 79.9. The maximum absolute atomic E-state index is 12.9. The van der Waals surface area contributed by atoms with Crippen molar-refractivity contribution in [2.45, 2.75) is 25.1 Å². The van der Waals surface area contributed by atoms with Gasteiger partial charge in [0, 0.05) is 22.7 Å². The molecule has 0 aromatic carbocycles. The lowest BCUT2D eigenvalue weighted by Gasteiger charge is -2.13. The quantitative estimate of drug-likeness (QED) is 0.614. The van der Waals surface area contributed by atoms with Crippen LogP contribution >= 0.6 is 15.9 Å². The summed E-state index contributed by atoms with van der Waals surface area (Å²) < 4.78 is 30.6. The van der Waals surface area contributed by atoms with Crippen molar-refractivity contribution in [2.24, 2.45) is 0 Å². The first-order chi connectivity index (χ1) is 9.04. The maximum atomic E-state index is 12.9. The number of hydrogen-bond donors (Lipinski definition) is 0. The van der Waals surface area contributed by atoms with Gasteiger partial charge in [-0.15, -0.1) is 0 Å². The van der Waals surface area contributed by atoms with Gasteiger partial charge in [0.05, 0.1) is 13.0 Å². The second-order valence-corrected chi connectivity index (χ2v) is 4.11. The number of halogens is 3. The van der Waals surface area contributed by atoms with Gasteiger partial charge in [0.2, 0.25) is 0 Å². The van der Waals surface area contributed by atoms with E-state index in [2.05, 4.69) is 20.9 Å². The van der Waals surface area contributed by atoms with E-state index in [0.717, 1.165) is 6.20 Å². The lowest BCUT2D eigenvalue weighted by atomic mass is 10.00. The molecule has 0 aliphatic carbocycles. The lowest BCUT2D eigenvalue weighted by molar-refractivity contribution is -0.142. The molecule has 1 aromatic heterocycles. The summed E-state index contributed by atoms with van der Waals surface area (Å²) in [4.78, 5) is 15.1. The van der Waals surface area contributed by atoms with Crippen LogP contribution in [0.4, 0.5) is 8.78 Å². The van der Waals surface area contributed by atoms with Gasteiger partial charge in [-0.1, -0.05) is 15.9 Å². The van der Waals surface area contributed by atoms with Crippen LogP contribution < -0.4 is 0 Å². The number of nitrogens with zero attached hydrogens (tertiary/aromatic N) is 2. The summed E-state index contributed by atoms with van der Waals surface area (Å²) in [6.07, 6.45) is -2.13. The molecule has 0 atom stereocenters. The van der Waals surface area contributed by atoms with Crippen LogP contribution in [0.3, 0.4) is 0 Å². The molecule has 4 nitrogen and oxygen atoms in total. The highest BCUT2D eigenvalue weighted by Crippen LogP contribution is 2.28. The molecule has 7 heteroatoms. The standard InChI is InChI=1S/C12H11BrF2N2O2/c1-2-19-11(18)3-7-8(4-13)10(5-16)17-6-9(7)12(14)15/h6,12H,2-4H2,1H3. The van der Waals surface area contributed by atoms with Crippen LogP contribution in [0.15, 0.2) is 6.20 Å². The Bertz CT molecular complexity index is 515. The van der Waals surface area contributed by atoms with Gasteiger partial charge < -0.3 is 4.74 Å². The number of carbonyl (C=O) groups excluding carboxylic acids is 1. The predicted octanol–water partition coefficient (Wildman–Crippen LogP) is 2.89. The molecule has 0 bridgehead atoms. The first-order valence-electron chi connectivity index (χ1n) is 5.45. The van der Waals surface area contributed by atoms with Gasteiger partial charge in [0.1, 0.15) is 11.8 Å². The van der Waals surface area contributed by atoms with Crippen LogP contribution in [0.1, 0.15) is 35.7 Å². The minimum absolute atomic E-state index is 0.0283. The maximum Gasteiger partial charge on any atom is 0.310 e. The zero-order chi connectivity index (χ0) is 14.4. The number of hydrogen-bond acceptors (Lipinski definition) is 4. The molecule has 102 valence electrons. The Morgan fingerprint density at radius 3 is 2.74 bits per heavy atom. The molecule has 19 heavy (non-hydrogen) atoms. The molecule has 0 aliphatic heterocycles. The summed E-state index contributed by atoms with van der Waals surface area (Å²) in [5, 5.41) is 9.07. The third kappa shape index (κ3) is 3.70. The Labute approximate surface area is 117 Å². The van der Waals surface area contributed by atoms with Gasteiger partial charge in [0.25, 0.3) is 6.43 Å². The van der Waals surface area contributed by atoms with Gasteiger partial charge >= 0.3 is 5.97 Å². The molecule has 1 rings (SSSR count). The van der Waals surface area contributed by atoms with Crippen molar-refractivity contribution in [1.29, 1.82) is 5.26 Å². The van der Waals surface area contributed by atoms with E-state index in [0.29, 0.717) is 5.56 Å². The van der Waals surface area contributed by atoms with E-state index in [4.69, 9.17) is 10.00 Å². The number of nitriles is 1. The molecule has 0 saturated carbocycles. The smallest absolute Gasteiger partial charge is 0.310 e. The summed E-state index contributed by atoms with van der Waals surface area (Å²) in [5.74, 6) is -0.610. The molecule has 0 radical (unpaired) electrons. The van der Waals surface area contributed by atoms with Gasteiger partial charge in [0.15, 0.2) is 0 Å². The van der Waals surface area contributed by atoms with Crippen molar-refractivity contribution in [3.05, 3.63) is 28.6 Å².